The Labute approximate surface area is 107 Å². The van der Waals surface area contributed by atoms with Gasteiger partial charge in [-0.15, -0.1) is 0 Å². The van der Waals surface area contributed by atoms with Crippen LogP contribution in [0.2, 0.25) is 0 Å². The largest absolute Gasteiger partial charge is 0.347 e. The molecule has 1 amide bonds. The number of imidazole rings is 1. The smallest absolute Gasteiger partial charge is 0.258 e. The molecule has 0 aliphatic rings. The van der Waals surface area contributed by atoms with E-state index in [0.717, 1.165) is 0 Å². The molecule has 2 N–H and O–H groups in total. The van der Waals surface area contributed by atoms with Gasteiger partial charge in [0.2, 0.25) is 5.91 Å². The molecule has 0 aromatic carbocycles. The van der Waals surface area contributed by atoms with Crippen LogP contribution in [0.3, 0.4) is 0 Å². The molecule has 0 radical (unpaired) electrons. The standard InChI is InChI=1S/C10H18N4O3S/c1-5-8-11-6-9(12-8)18(16,17)13-7(2)10(15)14(3)4/h6-7,13H,5H2,1-4H3,(H,11,12). The van der Waals surface area contributed by atoms with Gasteiger partial charge in [-0.05, 0) is 6.92 Å². The van der Waals surface area contributed by atoms with E-state index >= 15 is 0 Å². The molecule has 1 aromatic heterocycles. The molecule has 1 atom stereocenters. The molecule has 0 aliphatic heterocycles. The van der Waals surface area contributed by atoms with E-state index in [1.807, 2.05) is 6.92 Å². The van der Waals surface area contributed by atoms with Crippen LogP contribution in [0, 0.1) is 0 Å². The van der Waals surface area contributed by atoms with Crippen LogP contribution in [0.25, 0.3) is 0 Å². The minimum absolute atomic E-state index is 0.0299. The van der Waals surface area contributed by atoms with Crippen LogP contribution >= 0.6 is 0 Å². The molecule has 7 nitrogen and oxygen atoms in total. The van der Waals surface area contributed by atoms with Crippen LogP contribution in [0.15, 0.2) is 11.2 Å². The van der Waals surface area contributed by atoms with Gasteiger partial charge in [0.15, 0.2) is 5.03 Å². The van der Waals surface area contributed by atoms with Crippen molar-refractivity contribution in [2.45, 2.75) is 31.3 Å². The highest BCUT2D eigenvalue weighted by Crippen LogP contribution is 2.07. The van der Waals surface area contributed by atoms with E-state index < -0.39 is 16.1 Å². The van der Waals surface area contributed by atoms with Crippen molar-refractivity contribution in [1.82, 2.24) is 19.6 Å². The van der Waals surface area contributed by atoms with Crippen molar-refractivity contribution in [3.8, 4) is 0 Å². The summed E-state index contributed by atoms with van der Waals surface area (Å²) in [4.78, 5) is 19.5. The lowest BCUT2D eigenvalue weighted by Gasteiger charge is -2.17. The molecule has 18 heavy (non-hydrogen) atoms. The predicted molar refractivity (Wildman–Crippen MR) is 66.4 cm³/mol. The van der Waals surface area contributed by atoms with Crippen LogP contribution in [-0.2, 0) is 21.2 Å². The Morgan fingerprint density at radius 2 is 2.17 bits per heavy atom. The summed E-state index contributed by atoms with van der Waals surface area (Å²) in [6, 6.07) is -0.821. The molecule has 1 heterocycles. The van der Waals surface area contributed by atoms with Crippen molar-refractivity contribution in [2.24, 2.45) is 0 Å². The number of nitrogens with one attached hydrogen (secondary N) is 2. The number of likely N-dealkylation sites (N-methyl/N-ethyl adjacent to an activating group) is 1. The van der Waals surface area contributed by atoms with Crippen molar-refractivity contribution in [2.75, 3.05) is 14.1 Å². The number of hydrogen-bond acceptors (Lipinski definition) is 4. The Balaban J connectivity index is 2.85. The van der Waals surface area contributed by atoms with E-state index in [1.165, 1.54) is 18.0 Å². The molecule has 102 valence electrons. The van der Waals surface area contributed by atoms with Gasteiger partial charge in [-0.2, -0.15) is 4.72 Å². The summed E-state index contributed by atoms with van der Waals surface area (Å²) in [6.45, 7) is 3.36. The molecule has 0 aliphatic carbocycles. The lowest BCUT2D eigenvalue weighted by molar-refractivity contribution is -0.130. The van der Waals surface area contributed by atoms with Crippen molar-refractivity contribution >= 4 is 15.9 Å². The number of aromatic amines is 1. The number of carbonyl (C=O) groups excluding carboxylic acids is 1. The first-order valence-corrected chi connectivity index (χ1v) is 7.03. The van der Waals surface area contributed by atoms with Gasteiger partial charge < -0.3 is 9.88 Å². The molecule has 0 saturated heterocycles. The Kier molecular flexibility index (Phi) is 4.47. The van der Waals surface area contributed by atoms with Gasteiger partial charge in [-0.1, -0.05) is 6.92 Å². The molecule has 8 heteroatoms. The molecular formula is C10H18N4O3S. The predicted octanol–water partition coefficient (Wildman–Crippen LogP) is -0.273. The van der Waals surface area contributed by atoms with Gasteiger partial charge in [0.1, 0.15) is 5.82 Å². The van der Waals surface area contributed by atoms with Gasteiger partial charge in [0, 0.05) is 20.5 Å². The first-order chi connectivity index (χ1) is 8.27. The van der Waals surface area contributed by atoms with Crippen LogP contribution in [0.1, 0.15) is 19.7 Å². The number of hydrogen-bond donors (Lipinski definition) is 2. The molecule has 0 bridgehead atoms. The summed E-state index contributed by atoms with van der Waals surface area (Å²) in [5.74, 6) is 0.274. The zero-order valence-electron chi connectivity index (χ0n) is 10.9. The fourth-order valence-corrected chi connectivity index (χ4v) is 2.53. The number of amides is 1. The number of aryl methyl sites for hydroxylation is 1. The van der Waals surface area contributed by atoms with Gasteiger partial charge in [-0.3, -0.25) is 4.79 Å². The Bertz CT molecular complexity index is 521. The topological polar surface area (TPSA) is 95.2 Å². The highest BCUT2D eigenvalue weighted by atomic mass is 32.2. The Hall–Kier alpha value is -1.41. The summed E-state index contributed by atoms with van der Waals surface area (Å²) in [5, 5.41) is -0.0299. The van der Waals surface area contributed by atoms with E-state index in [0.29, 0.717) is 12.2 Å². The molecule has 1 aromatic rings. The lowest BCUT2D eigenvalue weighted by atomic mass is 10.3. The van der Waals surface area contributed by atoms with Gasteiger partial charge in [-0.25, -0.2) is 13.4 Å². The highest BCUT2D eigenvalue weighted by molar-refractivity contribution is 7.89. The molecule has 1 rings (SSSR count). The third-order valence-corrected chi connectivity index (χ3v) is 3.82. The molecule has 0 fully saturated rings. The monoisotopic (exact) mass is 274 g/mol. The van der Waals surface area contributed by atoms with Crippen molar-refractivity contribution in [3.05, 3.63) is 12.0 Å². The maximum absolute atomic E-state index is 11.9. The van der Waals surface area contributed by atoms with Crippen LogP contribution in [-0.4, -0.2) is 49.3 Å². The second kappa shape index (κ2) is 5.49. The lowest BCUT2D eigenvalue weighted by Crippen LogP contribution is -2.44. The van der Waals surface area contributed by atoms with Crippen LogP contribution in [0.4, 0.5) is 0 Å². The Morgan fingerprint density at radius 3 is 2.61 bits per heavy atom. The van der Waals surface area contributed by atoms with E-state index in [1.54, 1.807) is 14.1 Å². The van der Waals surface area contributed by atoms with Crippen molar-refractivity contribution < 1.29 is 13.2 Å². The average molecular weight is 274 g/mol. The normalized spacial score (nSPS) is 13.3. The average Bonchev–Trinajstić information content (AvgIpc) is 2.76. The molecule has 0 spiro atoms. The minimum atomic E-state index is -3.74. The number of sulfonamides is 1. The fourth-order valence-electron chi connectivity index (χ4n) is 1.39. The summed E-state index contributed by atoms with van der Waals surface area (Å²) >= 11 is 0. The van der Waals surface area contributed by atoms with E-state index in [-0.39, 0.29) is 10.9 Å². The zero-order valence-corrected chi connectivity index (χ0v) is 11.7. The molecule has 0 saturated carbocycles. The molecule has 1 unspecified atom stereocenters. The summed E-state index contributed by atoms with van der Waals surface area (Å²) < 4.78 is 26.2. The summed E-state index contributed by atoms with van der Waals surface area (Å²) in [6.07, 6.45) is 1.86. The SMILES string of the molecule is CCc1ncc(S(=O)(=O)NC(C)C(=O)N(C)C)[nH]1. The Morgan fingerprint density at radius 1 is 1.56 bits per heavy atom. The third-order valence-electron chi connectivity index (χ3n) is 2.37. The van der Waals surface area contributed by atoms with E-state index in [2.05, 4.69) is 14.7 Å². The highest BCUT2D eigenvalue weighted by Gasteiger charge is 2.24. The van der Waals surface area contributed by atoms with E-state index in [4.69, 9.17) is 0 Å². The molecular weight excluding hydrogens is 256 g/mol. The first kappa shape index (κ1) is 14.7. The number of carbonyl (C=O) groups is 1. The van der Waals surface area contributed by atoms with Crippen molar-refractivity contribution in [3.63, 3.8) is 0 Å². The maximum Gasteiger partial charge on any atom is 0.258 e. The maximum atomic E-state index is 11.9. The van der Waals surface area contributed by atoms with Gasteiger partial charge in [0.25, 0.3) is 10.0 Å². The summed E-state index contributed by atoms with van der Waals surface area (Å²) in [5.41, 5.74) is 0. The second-order valence-corrected chi connectivity index (χ2v) is 5.81. The number of nitrogens with zero attached hydrogens (tertiary/aromatic N) is 2. The van der Waals surface area contributed by atoms with E-state index in [9.17, 15) is 13.2 Å². The minimum Gasteiger partial charge on any atom is -0.347 e. The second-order valence-electron chi connectivity index (χ2n) is 4.12. The van der Waals surface area contributed by atoms with Crippen LogP contribution in [0.5, 0.6) is 0 Å². The van der Waals surface area contributed by atoms with Crippen LogP contribution < -0.4 is 4.72 Å². The van der Waals surface area contributed by atoms with Gasteiger partial charge in [0.05, 0.1) is 12.2 Å². The van der Waals surface area contributed by atoms with Crippen molar-refractivity contribution in [1.29, 1.82) is 0 Å². The quantitative estimate of drug-likeness (QED) is 0.772. The number of H-pyrrole nitrogens is 1. The van der Waals surface area contributed by atoms with Gasteiger partial charge >= 0.3 is 0 Å². The first-order valence-electron chi connectivity index (χ1n) is 5.55. The third kappa shape index (κ3) is 3.30. The fraction of sp³-hybridized carbons (Fsp3) is 0.600. The zero-order chi connectivity index (χ0) is 13.9. The number of rotatable bonds is 5. The number of aromatic nitrogens is 2. The summed E-state index contributed by atoms with van der Waals surface area (Å²) in [7, 11) is -0.607.